The number of halogens is 1. The molecule has 0 saturated carbocycles. The Hall–Kier alpha value is -1.93. The summed E-state index contributed by atoms with van der Waals surface area (Å²) in [4.78, 5) is 18.9. The summed E-state index contributed by atoms with van der Waals surface area (Å²) >= 11 is 1.16. The normalized spacial score (nSPS) is 14.0. The van der Waals surface area contributed by atoms with Crippen molar-refractivity contribution >= 4 is 46.2 Å². The van der Waals surface area contributed by atoms with Crippen molar-refractivity contribution < 1.29 is 14.3 Å². The maximum atomic E-state index is 11.1. The predicted octanol–water partition coefficient (Wildman–Crippen LogP) is 2.94. The van der Waals surface area contributed by atoms with Crippen molar-refractivity contribution in [2.45, 2.75) is 13.8 Å². The number of aromatic nitrogens is 2. The fourth-order valence-corrected chi connectivity index (χ4v) is 2.70. The molecule has 1 aliphatic heterocycles. The van der Waals surface area contributed by atoms with Crippen LogP contribution in [0.2, 0.25) is 0 Å². The molecule has 1 aliphatic rings. The van der Waals surface area contributed by atoms with E-state index in [9.17, 15) is 4.79 Å². The van der Waals surface area contributed by atoms with Gasteiger partial charge in [-0.3, -0.25) is 4.79 Å². The molecule has 1 amide bonds. The van der Waals surface area contributed by atoms with Gasteiger partial charge in [0.05, 0.1) is 30.0 Å². The Kier molecular flexibility index (Phi) is 5.73. The molecule has 0 unspecified atom stereocenters. The lowest BCUT2D eigenvalue weighted by molar-refractivity contribution is 0.261. The predicted molar refractivity (Wildman–Crippen MR) is 93.2 cm³/mol. The molecule has 7 nitrogen and oxygen atoms in total. The van der Waals surface area contributed by atoms with Crippen LogP contribution in [0.3, 0.4) is 0 Å². The highest BCUT2D eigenvalue weighted by molar-refractivity contribution is 8.14. The van der Waals surface area contributed by atoms with Crippen molar-refractivity contribution in [3.8, 4) is 11.5 Å². The van der Waals surface area contributed by atoms with E-state index in [0.717, 1.165) is 22.8 Å². The molecule has 2 heterocycles. The van der Waals surface area contributed by atoms with E-state index in [4.69, 9.17) is 9.47 Å². The number of hydrogen-bond donors (Lipinski definition) is 2. The first-order valence-corrected chi connectivity index (χ1v) is 7.99. The van der Waals surface area contributed by atoms with Crippen LogP contribution in [-0.4, -0.2) is 39.9 Å². The van der Waals surface area contributed by atoms with Gasteiger partial charge in [0.25, 0.3) is 5.24 Å². The van der Waals surface area contributed by atoms with E-state index in [1.807, 2.05) is 26.0 Å². The molecule has 1 aromatic carbocycles. The fraction of sp³-hybridized carbons (Fsp3) is 0.357. The molecular weight excluding hydrogens is 340 g/mol. The Morgan fingerprint density at radius 2 is 1.91 bits per heavy atom. The minimum Gasteiger partial charge on any atom is -0.490 e. The quantitative estimate of drug-likeness (QED) is 0.859. The fourth-order valence-electron chi connectivity index (χ4n) is 2.12. The number of benzene rings is 1. The van der Waals surface area contributed by atoms with Gasteiger partial charge in [0, 0.05) is 12.1 Å². The van der Waals surface area contributed by atoms with E-state index < -0.39 is 0 Å². The number of hydrazone groups is 1. The van der Waals surface area contributed by atoms with Crippen LogP contribution in [0.5, 0.6) is 11.5 Å². The summed E-state index contributed by atoms with van der Waals surface area (Å²) in [6.07, 6.45) is 0. The van der Waals surface area contributed by atoms with Gasteiger partial charge in [-0.05, 0) is 13.8 Å². The molecule has 0 radical (unpaired) electrons. The third kappa shape index (κ3) is 3.70. The van der Waals surface area contributed by atoms with E-state index in [1.165, 1.54) is 0 Å². The average molecular weight is 357 g/mol. The van der Waals surface area contributed by atoms with Gasteiger partial charge in [-0.1, -0.05) is 11.8 Å². The van der Waals surface area contributed by atoms with Crippen molar-refractivity contribution in [3.05, 3.63) is 18.0 Å². The largest absolute Gasteiger partial charge is 0.490 e. The number of H-pyrrole nitrogens is 1. The van der Waals surface area contributed by atoms with E-state index >= 15 is 0 Å². The maximum absolute atomic E-state index is 11.1. The smallest absolute Gasteiger partial charge is 0.299 e. The van der Waals surface area contributed by atoms with Crippen molar-refractivity contribution in [3.63, 3.8) is 0 Å². The number of imidazole rings is 1. The molecule has 3 rings (SSSR count). The summed E-state index contributed by atoms with van der Waals surface area (Å²) in [5.74, 6) is 2.48. The number of carbonyl (C=O) groups excluding carboxylic acids is 1. The van der Waals surface area contributed by atoms with Gasteiger partial charge >= 0.3 is 0 Å². The van der Waals surface area contributed by atoms with E-state index in [1.54, 1.807) is 0 Å². The van der Waals surface area contributed by atoms with Crippen LogP contribution in [-0.2, 0) is 0 Å². The van der Waals surface area contributed by atoms with Crippen LogP contribution in [0.25, 0.3) is 11.0 Å². The number of hydrogen-bond acceptors (Lipinski definition) is 6. The third-order valence-electron chi connectivity index (χ3n) is 3.04. The van der Waals surface area contributed by atoms with Crippen LogP contribution in [0.1, 0.15) is 19.7 Å². The number of ether oxygens (including phenoxy) is 2. The Morgan fingerprint density at radius 1 is 1.22 bits per heavy atom. The number of rotatable bonds is 5. The minimum atomic E-state index is -0.155. The highest BCUT2D eigenvalue weighted by Crippen LogP contribution is 2.32. The highest BCUT2D eigenvalue weighted by Gasteiger charge is 2.18. The lowest BCUT2D eigenvalue weighted by atomic mass is 10.2. The van der Waals surface area contributed by atoms with E-state index in [0.29, 0.717) is 42.0 Å². The summed E-state index contributed by atoms with van der Waals surface area (Å²) in [5.41, 5.74) is 4.76. The number of amides is 1. The van der Waals surface area contributed by atoms with Crippen LogP contribution in [0, 0.1) is 0 Å². The summed E-state index contributed by atoms with van der Waals surface area (Å²) in [5, 5.41) is 3.88. The molecule has 2 aromatic rings. The van der Waals surface area contributed by atoms with Crippen LogP contribution in [0.4, 0.5) is 4.79 Å². The lowest BCUT2D eigenvalue weighted by Gasteiger charge is -2.10. The topological polar surface area (TPSA) is 88.6 Å². The zero-order valence-electron chi connectivity index (χ0n) is 12.7. The molecule has 0 spiro atoms. The van der Waals surface area contributed by atoms with Crippen molar-refractivity contribution in [2.75, 3.05) is 19.0 Å². The molecule has 124 valence electrons. The summed E-state index contributed by atoms with van der Waals surface area (Å²) in [7, 11) is 0. The Bertz CT molecular complexity index is 704. The molecule has 0 bridgehead atoms. The summed E-state index contributed by atoms with van der Waals surface area (Å²) in [6, 6.07) is 3.72. The molecule has 0 atom stereocenters. The third-order valence-corrected chi connectivity index (χ3v) is 3.81. The van der Waals surface area contributed by atoms with Gasteiger partial charge in [0.15, 0.2) is 17.3 Å². The zero-order valence-corrected chi connectivity index (χ0v) is 14.3. The van der Waals surface area contributed by atoms with Gasteiger partial charge in [-0.2, -0.15) is 5.10 Å². The second-order valence-corrected chi connectivity index (χ2v) is 5.46. The van der Waals surface area contributed by atoms with Crippen molar-refractivity contribution in [1.29, 1.82) is 0 Å². The number of nitrogens with one attached hydrogen (secondary N) is 2. The maximum Gasteiger partial charge on any atom is 0.299 e. The zero-order chi connectivity index (χ0) is 15.5. The molecule has 9 heteroatoms. The molecule has 0 aliphatic carbocycles. The minimum absolute atomic E-state index is 0. The average Bonchev–Trinajstić information content (AvgIpc) is 2.91. The Labute approximate surface area is 143 Å². The second kappa shape index (κ2) is 7.56. The van der Waals surface area contributed by atoms with Crippen molar-refractivity contribution in [1.82, 2.24) is 15.4 Å². The van der Waals surface area contributed by atoms with Gasteiger partial charge in [-0.15, -0.1) is 12.4 Å². The summed E-state index contributed by atoms with van der Waals surface area (Å²) < 4.78 is 11.2. The highest BCUT2D eigenvalue weighted by atomic mass is 35.5. The molecule has 1 aromatic heterocycles. The number of thioether (sulfide) groups is 1. The second-order valence-electron chi connectivity index (χ2n) is 4.51. The molecule has 0 fully saturated rings. The first-order valence-electron chi connectivity index (χ1n) is 7.00. The van der Waals surface area contributed by atoms with Gasteiger partial charge in [-0.25, -0.2) is 10.4 Å². The summed E-state index contributed by atoms with van der Waals surface area (Å²) in [6.45, 7) is 4.96. The molecular formula is C14H17ClN4O3S. The Morgan fingerprint density at radius 3 is 2.52 bits per heavy atom. The number of aromatic amines is 1. The van der Waals surface area contributed by atoms with Gasteiger partial charge in [0.1, 0.15) is 5.71 Å². The Balaban J connectivity index is 0.00000192. The molecule has 23 heavy (non-hydrogen) atoms. The standard InChI is InChI=1S/C14H16N4O3S.ClH/c1-3-20-11-5-8-9(6-12(11)21-4-2)16-13(15-8)10-7-22-14(19)18-17-10;/h5-6H,3-4,7H2,1-2H3,(H,15,16)(H,18,19);1H. The first kappa shape index (κ1) is 17.4. The monoisotopic (exact) mass is 356 g/mol. The molecule has 0 saturated heterocycles. The molecule has 2 N–H and O–H groups in total. The van der Waals surface area contributed by atoms with E-state index in [2.05, 4.69) is 20.5 Å². The number of fused-ring (bicyclic) bond motifs is 1. The SMILES string of the molecule is CCOc1cc2nc(C3=NNC(=O)SC3)[nH]c2cc1OCC.Cl. The van der Waals surface area contributed by atoms with Gasteiger partial charge in [0.2, 0.25) is 0 Å². The van der Waals surface area contributed by atoms with Crippen LogP contribution < -0.4 is 14.9 Å². The number of nitrogens with zero attached hydrogens (tertiary/aromatic N) is 2. The first-order chi connectivity index (χ1) is 10.7. The van der Waals surface area contributed by atoms with Gasteiger partial charge < -0.3 is 14.5 Å². The van der Waals surface area contributed by atoms with Crippen LogP contribution in [0.15, 0.2) is 17.2 Å². The lowest BCUT2D eigenvalue weighted by Crippen LogP contribution is -2.24. The van der Waals surface area contributed by atoms with E-state index in [-0.39, 0.29) is 17.6 Å². The number of carbonyl (C=O) groups is 1. The van der Waals surface area contributed by atoms with Crippen LogP contribution >= 0.6 is 24.2 Å². The van der Waals surface area contributed by atoms with Crippen molar-refractivity contribution in [2.24, 2.45) is 5.10 Å².